The van der Waals surface area contributed by atoms with Gasteiger partial charge in [0.05, 0.1) is 12.3 Å². The number of aryl methyl sites for hydroxylation is 1. The maximum absolute atomic E-state index is 6.12. The Morgan fingerprint density at radius 1 is 1.10 bits per heavy atom. The van der Waals surface area contributed by atoms with E-state index >= 15 is 0 Å². The van der Waals surface area contributed by atoms with Crippen molar-refractivity contribution in [2.24, 2.45) is 10.8 Å². The third-order valence-corrected chi connectivity index (χ3v) is 7.67. The number of hydrogen-bond donors (Lipinski definition) is 1. The Morgan fingerprint density at radius 3 is 2.80 bits per heavy atom. The smallest absolute Gasteiger partial charge is 0.226 e. The number of ether oxygens (including phenoxy) is 1. The molecule has 3 aliphatic rings. The fourth-order valence-corrected chi connectivity index (χ4v) is 5.69. The number of hydrogen-bond acceptors (Lipinski definition) is 4. The Morgan fingerprint density at radius 2 is 1.97 bits per heavy atom. The molecule has 154 valence electrons. The van der Waals surface area contributed by atoms with Gasteiger partial charge in [0.1, 0.15) is 11.5 Å². The van der Waals surface area contributed by atoms with E-state index in [1.54, 1.807) is 0 Å². The van der Waals surface area contributed by atoms with E-state index in [4.69, 9.17) is 9.15 Å². The highest BCUT2D eigenvalue weighted by molar-refractivity contribution is 5.53. The first kappa shape index (κ1) is 18.2. The van der Waals surface area contributed by atoms with Gasteiger partial charge < -0.3 is 14.5 Å². The molecule has 1 N–H and O–H groups in total. The van der Waals surface area contributed by atoms with E-state index in [1.807, 2.05) is 37.3 Å². The lowest BCUT2D eigenvalue weighted by Crippen LogP contribution is -2.16. The summed E-state index contributed by atoms with van der Waals surface area (Å²) in [5.74, 6) is 3.22. The third kappa shape index (κ3) is 2.89. The van der Waals surface area contributed by atoms with Crippen molar-refractivity contribution >= 4 is 0 Å². The molecule has 2 spiro atoms. The van der Waals surface area contributed by atoms with Gasteiger partial charge in [-0.05, 0) is 72.8 Å². The molecule has 0 radical (unpaired) electrons. The molecule has 6 rings (SSSR count). The van der Waals surface area contributed by atoms with Crippen molar-refractivity contribution in [3.05, 3.63) is 71.6 Å². The largest absolute Gasteiger partial charge is 0.493 e. The van der Waals surface area contributed by atoms with E-state index in [0.29, 0.717) is 29.2 Å². The van der Waals surface area contributed by atoms with Gasteiger partial charge in [-0.2, -0.15) is 0 Å². The van der Waals surface area contributed by atoms with Crippen LogP contribution < -0.4 is 10.1 Å². The summed E-state index contributed by atoms with van der Waals surface area (Å²) < 4.78 is 12.0. The molecule has 1 unspecified atom stereocenters. The molecule has 2 atom stereocenters. The zero-order chi connectivity index (χ0) is 20.2. The van der Waals surface area contributed by atoms with Crippen LogP contribution in [0.15, 0.2) is 59.0 Å². The molecule has 2 aromatic carbocycles. The van der Waals surface area contributed by atoms with Crippen LogP contribution in [0.25, 0.3) is 11.5 Å². The average molecular weight is 401 g/mol. The maximum atomic E-state index is 6.12. The molecule has 2 saturated carbocycles. The van der Waals surface area contributed by atoms with Crippen molar-refractivity contribution in [1.82, 2.24) is 10.3 Å². The standard InChI is InChI=1S/C26H28N2O2/c1-18-23(28-24(30-18)19-6-3-2-4-7-19)10-13-29-21-9-5-8-20(14-21)22-15-26(22)17-27-16-25(26)11-12-25/h2-9,14,22,27H,10-13,15-17H2,1H3/t22?,26-/m1/s1. The second-order valence-electron chi connectivity index (χ2n) is 9.36. The lowest BCUT2D eigenvalue weighted by Gasteiger charge is -2.18. The third-order valence-electron chi connectivity index (χ3n) is 7.67. The second kappa shape index (κ2) is 6.71. The second-order valence-corrected chi connectivity index (χ2v) is 9.36. The number of benzene rings is 2. The Bertz CT molecular complexity index is 1070. The van der Waals surface area contributed by atoms with Gasteiger partial charge in [-0.25, -0.2) is 4.98 Å². The Kier molecular flexibility index (Phi) is 4.07. The predicted molar refractivity (Wildman–Crippen MR) is 117 cm³/mol. The predicted octanol–water partition coefficient (Wildman–Crippen LogP) is 5.13. The summed E-state index contributed by atoms with van der Waals surface area (Å²) in [7, 11) is 0. The maximum Gasteiger partial charge on any atom is 0.226 e. The first-order valence-electron chi connectivity index (χ1n) is 11.1. The summed E-state index contributed by atoms with van der Waals surface area (Å²) >= 11 is 0. The van der Waals surface area contributed by atoms with E-state index in [-0.39, 0.29) is 0 Å². The fourth-order valence-electron chi connectivity index (χ4n) is 5.69. The van der Waals surface area contributed by atoms with Crippen LogP contribution in [-0.2, 0) is 6.42 Å². The van der Waals surface area contributed by atoms with Gasteiger partial charge in [0, 0.05) is 25.1 Å². The van der Waals surface area contributed by atoms with E-state index in [2.05, 4.69) is 34.6 Å². The number of aromatic nitrogens is 1. The van der Waals surface area contributed by atoms with Gasteiger partial charge in [0.15, 0.2) is 0 Å². The number of nitrogens with one attached hydrogen (secondary N) is 1. The first-order valence-corrected chi connectivity index (χ1v) is 11.1. The summed E-state index contributed by atoms with van der Waals surface area (Å²) in [6.07, 6.45) is 4.90. The minimum absolute atomic E-state index is 0.525. The van der Waals surface area contributed by atoms with E-state index in [0.717, 1.165) is 29.2 Å². The molecule has 2 aliphatic carbocycles. The van der Waals surface area contributed by atoms with Gasteiger partial charge in [-0.1, -0.05) is 30.3 Å². The molecule has 4 heteroatoms. The lowest BCUT2D eigenvalue weighted by molar-refractivity contribution is 0.319. The summed E-state index contributed by atoms with van der Waals surface area (Å²) in [6.45, 7) is 5.00. The Hall–Kier alpha value is -2.59. The molecule has 1 aliphatic heterocycles. The van der Waals surface area contributed by atoms with E-state index in [1.165, 1.54) is 37.9 Å². The highest BCUT2D eigenvalue weighted by atomic mass is 16.5. The van der Waals surface area contributed by atoms with Crippen LogP contribution in [0, 0.1) is 17.8 Å². The van der Waals surface area contributed by atoms with Crippen LogP contribution in [0.3, 0.4) is 0 Å². The number of nitrogens with zero attached hydrogens (tertiary/aromatic N) is 1. The normalized spacial score (nSPS) is 25.7. The molecule has 1 aromatic heterocycles. The summed E-state index contributed by atoms with van der Waals surface area (Å²) in [5.41, 5.74) is 4.56. The molecule has 3 aromatic rings. The van der Waals surface area contributed by atoms with Gasteiger partial charge in [-0.15, -0.1) is 0 Å². The van der Waals surface area contributed by atoms with Gasteiger partial charge >= 0.3 is 0 Å². The van der Waals surface area contributed by atoms with Crippen LogP contribution in [0.4, 0.5) is 0 Å². The Labute approximate surface area is 177 Å². The van der Waals surface area contributed by atoms with Crippen molar-refractivity contribution in [3.63, 3.8) is 0 Å². The average Bonchev–Trinajstić information content (AvgIpc) is 3.63. The van der Waals surface area contributed by atoms with Crippen molar-refractivity contribution in [2.75, 3.05) is 19.7 Å². The van der Waals surface area contributed by atoms with E-state index in [9.17, 15) is 0 Å². The summed E-state index contributed by atoms with van der Waals surface area (Å²) in [5, 5.41) is 3.67. The van der Waals surface area contributed by atoms with Crippen LogP contribution >= 0.6 is 0 Å². The van der Waals surface area contributed by atoms with Gasteiger partial charge in [-0.3, -0.25) is 0 Å². The quantitative estimate of drug-likeness (QED) is 0.623. The number of fused-ring (bicyclic) bond motifs is 1. The minimum atomic E-state index is 0.525. The molecular weight excluding hydrogens is 372 g/mol. The minimum Gasteiger partial charge on any atom is -0.493 e. The highest BCUT2D eigenvalue weighted by Crippen LogP contribution is 2.77. The molecule has 1 saturated heterocycles. The monoisotopic (exact) mass is 400 g/mol. The zero-order valence-corrected chi connectivity index (χ0v) is 17.5. The van der Waals surface area contributed by atoms with Gasteiger partial charge in [0.25, 0.3) is 0 Å². The van der Waals surface area contributed by atoms with Gasteiger partial charge in [0.2, 0.25) is 5.89 Å². The molecule has 3 fully saturated rings. The Balaban J connectivity index is 1.10. The summed E-state index contributed by atoms with van der Waals surface area (Å²) in [4.78, 5) is 4.68. The van der Waals surface area contributed by atoms with Crippen molar-refractivity contribution in [1.29, 1.82) is 0 Å². The number of rotatable bonds is 6. The number of oxazole rings is 1. The van der Waals surface area contributed by atoms with Crippen LogP contribution in [-0.4, -0.2) is 24.7 Å². The van der Waals surface area contributed by atoms with Crippen LogP contribution in [0.5, 0.6) is 5.75 Å². The highest BCUT2D eigenvalue weighted by Gasteiger charge is 2.73. The lowest BCUT2D eigenvalue weighted by atomic mass is 9.85. The molecule has 4 nitrogen and oxygen atoms in total. The van der Waals surface area contributed by atoms with Crippen molar-refractivity contribution in [3.8, 4) is 17.2 Å². The SMILES string of the molecule is Cc1oc(-c2ccccc2)nc1CCOc1cccc(C2C[C@@]23CNCC32CC2)c1. The topological polar surface area (TPSA) is 47.3 Å². The van der Waals surface area contributed by atoms with Crippen molar-refractivity contribution < 1.29 is 9.15 Å². The van der Waals surface area contributed by atoms with Crippen molar-refractivity contribution in [2.45, 2.75) is 38.5 Å². The van der Waals surface area contributed by atoms with Crippen LogP contribution in [0.1, 0.15) is 42.2 Å². The molecule has 0 bridgehead atoms. The molecule has 30 heavy (non-hydrogen) atoms. The summed E-state index contributed by atoms with van der Waals surface area (Å²) in [6, 6.07) is 18.8. The van der Waals surface area contributed by atoms with E-state index < -0.39 is 0 Å². The first-order chi connectivity index (χ1) is 14.7. The van der Waals surface area contributed by atoms with Crippen LogP contribution in [0.2, 0.25) is 0 Å². The molecule has 2 heterocycles. The molecule has 0 amide bonds. The zero-order valence-electron chi connectivity index (χ0n) is 17.5. The fraction of sp³-hybridized carbons (Fsp3) is 0.423. The molecular formula is C26H28N2O2.